The van der Waals surface area contributed by atoms with Crippen molar-refractivity contribution in [3.05, 3.63) is 47.8 Å². The van der Waals surface area contributed by atoms with Gasteiger partial charge in [-0.3, -0.25) is 0 Å². The van der Waals surface area contributed by atoms with E-state index in [0.29, 0.717) is 18.5 Å². The molecule has 0 amide bonds. The summed E-state index contributed by atoms with van der Waals surface area (Å²) in [6.45, 7) is 2.34. The lowest BCUT2D eigenvalue weighted by atomic mass is 10.2. The second-order valence-corrected chi connectivity index (χ2v) is 4.59. The van der Waals surface area contributed by atoms with Gasteiger partial charge in [0, 0.05) is 30.4 Å². The number of rotatable bonds is 5. The molecule has 2 rings (SSSR count). The number of nitrogens with two attached hydrogens (primary N) is 1. The Labute approximate surface area is 112 Å². The topological polar surface area (TPSA) is 53.1 Å². The number of benzene rings is 1. The Morgan fingerprint density at radius 1 is 1.47 bits per heavy atom. The molecule has 1 unspecified atom stereocenters. The van der Waals surface area contributed by atoms with Crippen LogP contribution >= 0.6 is 0 Å². The summed E-state index contributed by atoms with van der Waals surface area (Å²) in [7, 11) is 1.46. The zero-order valence-electron chi connectivity index (χ0n) is 11.1. The molecule has 0 aliphatic rings. The van der Waals surface area contributed by atoms with Gasteiger partial charge in [-0.25, -0.2) is 9.37 Å². The number of halogens is 1. The minimum Gasteiger partial charge on any atom is -0.494 e. The van der Waals surface area contributed by atoms with Crippen LogP contribution in [0.15, 0.2) is 30.6 Å². The maximum absolute atomic E-state index is 14.1. The Hall–Kier alpha value is -1.88. The SMILES string of the molecule is COc1cccc(Cn2ccnc2CC(C)N)c1F. The highest BCUT2D eigenvalue weighted by atomic mass is 19.1. The lowest BCUT2D eigenvalue weighted by Crippen LogP contribution is -2.20. The molecule has 0 saturated carbocycles. The molecule has 0 fully saturated rings. The quantitative estimate of drug-likeness (QED) is 0.897. The minimum absolute atomic E-state index is 0.0244. The fourth-order valence-electron chi connectivity index (χ4n) is 1.98. The van der Waals surface area contributed by atoms with Crippen LogP contribution in [-0.2, 0) is 13.0 Å². The molecule has 0 bridgehead atoms. The van der Waals surface area contributed by atoms with Gasteiger partial charge in [0.25, 0.3) is 0 Å². The predicted molar refractivity (Wildman–Crippen MR) is 71.6 cm³/mol. The summed E-state index contributed by atoms with van der Waals surface area (Å²) in [5, 5.41) is 0. The van der Waals surface area contributed by atoms with E-state index in [-0.39, 0.29) is 17.6 Å². The maximum atomic E-state index is 14.1. The first-order valence-electron chi connectivity index (χ1n) is 6.18. The number of ether oxygens (including phenoxy) is 1. The summed E-state index contributed by atoms with van der Waals surface area (Å²) < 4.78 is 21.0. The molecule has 19 heavy (non-hydrogen) atoms. The smallest absolute Gasteiger partial charge is 0.170 e. The molecule has 1 aromatic heterocycles. The van der Waals surface area contributed by atoms with Gasteiger partial charge in [0.2, 0.25) is 0 Å². The molecule has 0 radical (unpaired) electrons. The number of hydrogen-bond acceptors (Lipinski definition) is 3. The third-order valence-corrected chi connectivity index (χ3v) is 2.91. The number of imidazole rings is 1. The molecule has 1 heterocycles. The van der Waals surface area contributed by atoms with E-state index in [1.165, 1.54) is 7.11 Å². The van der Waals surface area contributed by atoms with Crippen molar-refractivity contribution in [2.45, 2.75) is 25.9 Å². The summed E-state index contributed by atoms with van der Waals surface area (Å²) in [6.07, 6.45) is 4.20. The third kappa shape index (κ3) is 3.12. The number of aromatic nitrogens is 2. The van der Waals surface area contributed by atoms with Crippen LogP contribution in [0.25, 0.3) is 0 Å². The van der Waals surface area contributed by atoms with E-state index in [1.54, 1.807) is 24.4 Å². The van der Waals surface area contributed by atoms with E-state index < -0.39 is 0 Å². The normalized spacial score (nSPS) is 12.4. The van der Waals surface area contributed by atoms with Crippen molar-refractivity contribution in [2.24, 2.45) is 5.73 Å². The van der Waals surface area contributed by atoms with Crippen LogP contribution in [0.2, 0.25) is 0 Å². The minimum atomic E-state index is -0.328. The molecule has 0 spiro atoms. The first kappa shape index (κ1) is 13.5. The Balaban J connectivity index is 2.24. The molecule has 102 valence electrons. The van der Waals surface area contributed by atoms with Gasteiger partial charge >= 0.3 is 0 Å². The lowest BCUT2D eigenvalue weighted by Gasteiger charge is -2.11. The molecule has 0 saturated heterocycles. The largest absolute Gasteiger partial charge is 0.494 e. The molecule has 4 nitrogen and oxygen atoms in total. The summed E-state index contributed by atoms with van der Waals surface area (Å²) in [5.41, 5.74) is 6.35. The van der Waals surface area contributed by atoms with Crippen molar-refractivity contribution in [3.8, 4) is 5.75 Å². The second kappa shape index (κ2) is 5.84. The van der Waals surface area contributed by atoms with E-state index in [2.05, 4.69) is 4.98 Å². The zero-order chi connectivity index (χ0) is 13.8. The van der Waals surface area contributed by atoms with Gasteiger partial charge in [-0.1, -0.05) is 12.1 Å². The highest BCUT2D eigenvalue weighted by Gasteiger charge is 2.11. The van der Waals surface area contributed by atoms with Crippen molar-refractivity contribution in [3.63, 3.8) is 0 Å². The van der Waals surface area contributed by atoms with Crippen LogP contribution in [0, 0.1) is 5.82 Å². The third-order valence-electron chi connectivity index (χ3n) is 2.91. The van der Waals surface area contributed by atoms with Crippen LogP contribution in [-0.4, -0.2) is 22.7 Å². The molecule has 2 N–H and O–H groups in total. The van der Waals surface area contributed by atoms with Gasteiger partial charge in [-0.2, -0.15) is 0 Å². The molecule has 5 heteroatoms. The fourth-order valence-corrected chi connectivity index (χ4v) is 1.98. The van der Waals surface area contributed by atoms with E-state index in [9.17, 15) is 4.39 Å². The summed E-state index contributed by atoms with van der Waals surface area (Å²) in [5.74, 6) is 0.786. The van der Waals surface area contributed by atoms with Crippen LogP contribution in [0.3, 0.4) is 0 Å². The Morgan fingerprint density at radius 3 is 2.95 bits per heavy atom. The molecule has 2 aromatic rings. The summed E-state index contributed by atoms with van der Waals surface area (Å²) in [6, 6.07) is 5.15. The fraction of sp³-hybridized carbons (Fsp3) is 0.357. The van der Waals surface area contributed by atoms with Crippen LogP contribution < -0.4 is 10.5 Å². The average Bonchev–Trinajstić information content (AvgIpc) is 2.78. The number of hydrogen-bond donors (Lipinski definition) is 1. The van der Waals surface area contributed by atoms with Gasteiger partial charge in [0.1, 0.15) is 5.82 Å². The van der Waals surface area contributed by atoms with Crippen LogP contribution in [0.4, 0.5) is 4.39 Å². The number of nitrogens with zero attached hydrogens (tertiary/aromatic N) is 2. The Morgan fingerprint density at radius 2 is 2.26 bits per heavy atom. The van der Waals surface area contributed by atoms with Crippen molar-refractivity contribution in [1.29, 1.82) is 0 Å². The van der Waals surface area contributed by atoms with Crippen LogP contribution in [0.1, 0.15) is 18.3 Å². The Kier molecular flexibility index (Phi) is 4.16. The van der Waals surface area contributed by atoms with E-state index >= 15 is 0 Å². The Bertz CT molecular complexity index is 551. The first-order chi connectivity index (χ1) is 9.11. The average molecular weight is 263 g/mol. The van der Waals surface area contributed by atoms with Gasteiger partial charge in [0.05, 0.1) is 13.7 Å². The molecule has 0 aliphatic carbocycles. The lowest BCUT2D eigenvalue weighted by molar-refractivity contribution is 0.383. The molecule has 1 aromatic carbocycles. The first-order valence-corrected chi connectivity index (χ1v) is 6.18. The predicted octanol–water partition coefficient (Wildman–Crippen LogP) is 1.97. The van der Waals surface area contributed by atoms with Crippen molar-refractivity contribution in [2.75, 3.05) is 7.11 Å². The maximum Gasteiger partial charge on any atom is 0.170 e. The second-order valence-electron chi connectivity index (χ2n) is 4.59. The summed E-state index contributed by atoms with van der Waals surface area (Å²) >= 11 is 0. The molecular formula is C14H18FN3O. The highest BCUT2D eigenvalue weighted by Crippen LogP contribution is 2.21. The van der Waals surface area contributed by atoms with Gasteiger partial charge in [0.15, 0.2) is 11.6 Å². The van der Waals surface area contributed by atoms with Crippen molar-refractivity contribution in [1.82, 2.24) is 9.55 Å². The van der Waals surface area contributed by atoms with Crippen molar-refractivity contribution < 1.29 is 9.13 Å². The number of methoxy groups -OCH3 is 1. The standard InChI is InChI=1S/C14H18FN3O/c1-10(16)8-13-17-6-7-18(13)9-11-4-3-5-12(19-2)14(11)15/h3-7,10H,8-9,16H2,1-2H3. The van der Waals surface area contributed by atoms with E-state index in [4.69, 9.17) is 10.5 Å². The molecule has 0 aliphatic heterocycles. The van der Waals surface area contributed by atoms with Gasteiger partial charge < -0.3 is 15.0 Å². The highest BCUT2D eigenvalue weighted by molar-refractivity contribution is 5.31. The molecular weight excluding hydrogens is 245 g/mol. The summed E-state index contributed by atoms with van der Waals surface area (Å²) in [4.78, 5) is 4.25. The monoisotopic (exact) mass is 263 g/mol. The van der Waals surface area contributed by atoms with Gasteiger partial charge in [-0.15, -0.1) is 0 Å². The van der Waals surface area contributed by atoms with Crippen LogP contribution in [0.5, 0.6) is 5.75 Å². The van der Waals surface area contributed by atoms with E-state index in [0.717, 1.165) is 5.82 Å². The van der Waals surface area contributed by atoms with Crippen molar-refractivity contribution >= 4 is 0 Å². The zero-order valence-corrected chi connectivity index (χ0v) is 11.1. The molecule has 1 atom stereocenters. The van der Waals surface area contributed by atoms with Gasteiger partial charge in [-0.05, 0) is 13.0 Å². The van der Waals surface area contributed by atoms with E-state index in [1.807, 2.05) is 17.7 Å².